The van der Waals surface area contributed by atoms with Gasteiger partial charge >= 0.3 is 5.97 Å². The Morgan fingerprint density at radius 2 is 2.38 bits per heavy atom. The highest BCUT2D eigenvalue weighted by Gasteiger charge is 2.41. The minimum Gasteiger partial charge on any atom is -0.481 e. The lowest BCUT2D eigenvalue weighted by Gasteiger charge is -2.43. The van der Waals surface area contributed by atoms with Crippen LogP contribution in [0.25, 0.3) is 0 Å². The van der Waals surface area contributed by atoms with E-state index in [-0.39, 0.29) is 24.0 Å². The van der Waals surface area contributed by atoms with E-state index in [9.17, 15) is 4.79 Å². The molecule has 4 heteroatoms. The summed E-state index contributed by atoms with van der Waals surface area (Å²) in [5, 5.41) is 9.00. The smallest absolute Gasteiger partial charge is 0.303 e. The van der Waals surface area contributed by atoms with Gasteiger partial charge in [-0.05, 0) is 26.2 Å². The summed E-state index contributed by atoms with van der Waals surface area (Å²) >= 11 is 0. The lowest BCUT2D eigenvalue weighted by Crippen LogP contribution is -2.47. The number of carboxylic acids is 1. The minimum absolute atomic E-state index is 0.0909. The van der Waals surface area contributed by atoms with E-state index in [0.29, 0.717) is 6.61 Å². The summed E-state index contributed by atoms with van der Waals surface area (Å²) in [5.41, 5.74) is 5.72. The average Bonchev–Trinajstić information content (AvgIpc) is 2.17. The van der Waals surface area contributed by atoms with Crippen LogP contribution in [0.2, 0.25) is 0 Å². The molecule has 1 heterocycles. The van der Waals surface area contributed by atoms with Crippen molar-refractivity contribution in [1.29, 1.82) is 0 Å². The molecule has 0 aromatic heterocycles. The third-order valence-corrected chi connectivity index (χ3v) is 3.67. The van der Waals surface area contributed by atoms with E-state index in [1.807, 2.05) is 6.92 Å². The fraction of sp³-hybridized carbons (Fsp3) is 0.917. The van der Waals surface area contributed by atoms with Gasteiger partial charge in [0.1, 0.15) is 0 Å². The number of carboxylic acid groups (broad SMARTS) is 1. The molecule has 0 aliphatic carbocycles. The Bertz CT molecular complexity index is 240. The fourth-order valence-electron chi connectivity index (χ4n) is 2.59. The highest BCUT2D eigenvalue weighted by Crippen LogP contribution is 2.40. The van der Waals surface area contributed by atoms with E-state index in [4.69, 9.17) is 15.6 Å². The molecular weight excluding hydrogens is 206 g/mol. The summed E-state index contributed by atoms with van der Waals surface area (Å²) in [5.74, 6) is -0.755. The maximum atomic E-state index is 10.9. The van der Waals surface area contributed by atoms with Gasteiger partial charge in [0.2, 0.25) is 0 Å². The Labute approximate surface area is 97.2 Å². The van der Waals surface area contributed by atoms with E-state index in [0.717, 1.165) is 25.7 Å². The standard InChI is InChI=1S/C12H23NO3/c1-3-4-10-7-12(9(2)13,5-6-16-10)8-11(14)15/h9-10H,3-8,13H2,1-2H3,(H,14,15). The van der Waals surface area contributed by atoms with Crippen molar-refractivity contribution in [2.75, 3.05) is 6.61 Å². The van der Waals surface area contributed by atoms with Gasteiger partial charge in [0.25, 0.3) is 0 Å². The first-order valence-electron chi connectivity index (χ1n) is 6.09. The van der Waals surface area contributed by atoms with Crippen LogP contribution in [0.5, 0.6) is 0 Å². The molecule has 4 nitrogen and oxygen atoms in total. The summed E-state index contributed by atoms with van der Waals surface area (Å²) in [4.78, 5) is 10.9. The van der Waals surface area contributed by atoms with Gasteiger partial charge in [0.15, 0.2) is 0 Å². The van der Waals surface area contributed by atoms with Crippen LogP contribution in [-0.2, 0) is 9.53 Å². The molecule has 94 valence electrons. The van der Waals surface area contributed by atoms with Crippen molar-refractivity contribution < 1.29 is 14.6 Å². The molecule has 0 radical (unpaired) electrons. The van der Waals surface area contributed by atoms with Crippen LogP contribution in [-0.4, -0.2) is 29.8 Å². The Kier molecular flexibility index (Phi) is 4.74. The topological polar surface area (TPSA) is 72.5 Å². The first-order valence-corrected chi connectivity index (χ1v) is 6.09. The second-order valence-corrected chi connectivity index (χ2v) is 4.96. The molecule has 3 N–H and O–H groups in total. The Morgan fingerprint density at radius 1 is 1.69 bits per heavy atom. The normalized spacial score (nSPS) is 32.3. The van der Waals surface area contributed by atoms with Gasteiger partial charge < -0.3 is 15.6 Å². The van der Waals surface area contributed by atoms with E-state index < -0.39 is 5.97 Å². The molecule has 1 fully saturated rings. The predicted molar refractivity (Wildman–Crippen MR) is 62.2 cm³/mol. The molecule has 0 aromatic rings. The maximum Gasteiger partial charge on any atom is 0.303 e. The van der Waals surface area contributed by atoms with E-state index in [2.05, 4.69) is 6.92 Å². The van der Waals surface area contributed by atoms with Crippen LogP contribution < -0.4 is 5.73 Å². The predicted octanol–water partition coefficient (Wildman–Crippen LogP) is 1.77. The van der Waals surface area contributed by atoms with Crippen molar-refractivity contribution in [1.82, 2.24) is 0 Å². The molecule has 0 bridgehead atoms. The van der Waals surface area contributed by atoms with Gasteiger partial charge in [-0.3, -0.25) is 4.79 Å². The molecule has 1 aliphatic heterocycles. The third-order valence-electron chi connectivity index (χ3n) is 3.67. The van der Waals surface area contributed by atoms with Crippen molar-refractivity contribution in [3.8, 4) is 0 Å². The van der Waals surface area contributed by atoms with Crippen molar-refractivity contribution in [3.05, 3.63) is 0 Å². The van der Waals surface area contributed by atoms with Gasteiger partial charge in [-0.25, -0.2) is 0 Å². The summed E-state index contributed by atoms with van der Waals surface area (Å²) in [6.07, 6.45) is 3.95. The first-order chi connectivity index (χ1) is 7.50. The van der Waals surface area contributed by atoms with E-state index >= 15 is 0 Å². The van der Waals surface area contributed by atoms with Gasteiger partial charge in [-0.2, -0.15) is 0 Å². The number of nitrogens with two attached hydrogens (primary N) is 1. The molecule has 16 heavy (non-hydrogen) atoms. The largest absolute Gasteiger partial charge is 0.481 e. The highest BCUT2D eigenvalue weighted by atomic mass is 16.5. The van der Waals surface area contributed by atoms with E-state index in [1.165, 1.54) is 0 Å². The Hall–Kier alpha value is -0.610. The zero-order valence-electron chi connectivity index (χ0n) is 10.2. The van der Waals surface area contributed by atoms with Crippen molar-refractivity contribution in [2.45, 2.75) is 58.1 Å². The van der Waals surface area contributed by atoms with Gasteiger partial charge in [0.05, 0.1) is 12.5 Å². The zero-order chi connectivity index (χ0) is 12.2. The first kappa shape index (κ1) is 13.5. The fourth-order valence-corrected chi connectivity index (χ4v) is 2.59. The average molecular weight is 229 g/mol. The number of hydrogen-bond acceptors (Lipinski definition) is 3. The van der Waals surface area contributed by atoms with Crippen LogP contribution in [0.15, 0.2) is 0 Å². The number of aliphatic carboxylic acids is 1. The lowest BCUT2D eigenvalue weighted by atomic mass is 9.70. The quantitative estimate of drug-likeness (QED) is 0.753. The molecule has 0 spiro atoms. The number of ether oxygens (including phenoxy) is 1. The van der Waals surface area contributed by atoms with E-state index in [1.54, 1.807) is 0 Å². The number of hydrogen-bond donors (Lipinski definition) is 2. The van der Waals surface area contributed by atoms with Crippen molar-refractivity contribution in [3.63, 3.8) is 0 Å². The third kappa shape index (κ3) is 3.19. The van der Waals surface area contributed by atoms with Crippen LogP contribution in [0.3, 0.4) is 0 Å². The van der Waals surface area contributed by atoms with Crippen molar-refractivity contribution >= 4 is 5.97 Å². The Morgan fingerprint density at radius 3 is 2.88 bits per heavy atom. The monoisotopic (exact) mass is 229 g/mol. The SMILES string of the molecule is CCCC1CC(CC(=O)O)(C(C)N)CCO1. The van der Waals surface area contributed by atoms with Crippen LogP contribution in [0.1, 0.15) is 46.0 Å². The van der Waals surface area contributed by atoms with Crippen LogP contribution >= 0.6 is 0 Å². The van der Waals surface area contributed by atoms with Gasteiger partial charge in [-0.15, -0.1) is 0 Å². The molecule has 1 rings (SSSR count). The molecule has 1 saturated heterocycles. The number of rotatable bonds is 5. The zero-order valence-corrected chi connectivity index (χ0v) is 10.2. The van der Waals surface area contributed by atoms with Crippen LogP contribution in [0.4, 0.5) is 0 Å². The molecule has 1 aliphatic rings. The number of carbonyl (C=O) groups is 1. The maximum absolute atomic E-state index is 10.9. The molecule has 0 saturated carbocycles. The van der Waals surface area contributed by atoms with Crippen molar-refractivity contribution in [2.24, 2.45) is 11.1 Å². The summed E-state index contributed by atoms with van der Waals surface area (Å²) in [7, 11) is 0. The molecule has 3 atom stereocenters. The highest BCUT2D eigenvalue weighted by molar-refractivity contribution is 5.67. The summed E-state index contributed by atoms with van der Waals surface area (Å²) in [6.45, 7) is 4.67. The Balaban J connectivity index is 2.72. The summed E-state index contributed by atoms with van der Waals surface area (Å²) in [6, 6.07) is -0.0909. The second-order valence-electron chi connectivity index (χ2n) is 4.96. The molecule has 3 unspecified atom stereocenters. The molecule has 0 amide bonds. The minimum atomic E-state index is -0.755. The second kappa shape index (κ2) is 5.64. The van der Waals surface area contributed by atoms with Crippen LogP contribution in [0, 0.1) is 5.41 Å². The molecule has 0 aromatic carbocycles. The molecular formula is C12H23NO3. The van der Waals surface area contributed by atoms with Gasteiger partial charge in [-0.1, -0.05) is 13.3 Å². The summed E-state index contributed by atoms with van der Waals surface area (Å²) < 4.78 is 5.66. The lowest BCUT2D eigenvalue weighted by molar-refractivity contribution is -0.144. The van der Waals surface area contributed by atoms with Gasteiger partial charge in [0, 0.05) is 18.1 Å².